The van der Waals surface area contributed by atoms with E-state index in [-0.39, 0.29) is 0 Å². The Bertz CT molecular complexity index is 492. The van der Waals surface area contributed by atoms with Crippen molar-refractivity contribution >= 4 is 11.4 Å². The first-order valence-electron chi connectivity index (χ1n) is 5.80. The summed E-state index contributed by atoms with van der Waals surface area (Å²) in [7, 11) is 2.08. The fourth-order valence-corrected chi connectivity index (χ4v) is 1.92. The number of anilines is 2. The van der Waals surface area contributed by atoms with Crippen LogP contribution in [-0.2, 0) is 6.54 Å². The Morgan fingerprint density at radius 2 is 1.71 bits per heavy atom. The number of nitrogens with two attached hydrogens (primary N) is 1. The molecule has 0 aliphatic rings. The zero-order valence-corrected chi connectivity index (χ0v) is 10.4. The van der Waals surface area contributed by atoms with Crippen LogP contribution in [0.25, 0.3) is 0 Å². The van der Waals surface area contributed by atoms with E-state index >= 15 is 0 Å². The number of hydrogen-bond acceptors (Lipinski definition) is 2. The van der Waals surface area contributed by atoms with E-state index in [2.05, 4.69) is 49.2 Å². The van der Waals surface area contributed by atoms with Crippen LogP contribution in [0.3, 0.4) is 0 Å². The van der Waals surface area contributed by atoms with E-state index in [0.29, 0.717) is 6.54 Å². The molecule has 88 valence electrons. The Morgan fingerprint density at radius 1 is 1.00 bits per heavy atom. The van der Waals surface area contributed by atoms with Gasteiger partial charge in [-0.3, -0.25) is 0 Å². The van der Waals surface area contributed by atoms with Gasteiger partial charge in [0, 0.05) is 25.0 Å². The molecule has 0 aliphatic heterocycles. The largest absolute Gasteiger partial charge is 0.345 e. The van der Waals surface area contributed by atoms with Crippen molar-refractivity contribution in [2.45, 2.75) is 13.5 Å². The van der Waals surface area contributed by atoms with Gasteiger partial charge < -0.3 is 10.6 Å². The monoisotopic (exact) mass is 226 g/mol. The van der Waals surface area contributed by atoms with E-state index in [9.17, 15) is 0 Å². The lowest BCUT2D eigenvalue weighted by Gasteiger charge is -2.20. The van der Waals surface area contributed by atoms with Crippen molar-refractivity contribution < 1.29 is 0 Å². The third-order valence-electron chi connectivity index (χ3n) is 3.08. The van der Waals surface area contributed by atoms with Crippen LogP contribution in [0.1, 0.15) is 11.1 Å². The van der Waals surface area contributed by atoms with Crippen molar-refractivity contribution in [2.24, 2.45) is 5.73 Å². The SMILES string of the molecule is Cc1cc(N(C)c2ccccc2)ccc1CN. The first-order chi connectivity index (χ1) is 8.22. The highest BCUT2D eigenvalue weighted by Gasteiger charge is 2.04. The second kappa shape index (κ2) is 5.02. The van der Waals surface area contributed by atoms with E-state index in [4.69, 9.17) is 5.73 Å². The van der Waals surface area contributed by atoms with Crippen LogP contribution in [-0.4, -0.2) is 7.05 Å². The Kier molecular flexibility index (Phi) is 3.45. The molecule has 0 aromatic heterocycles. The molecule has 2 rings (SSSR count). The molecule has 0 aliphatic carbocycles. The van der Waals surface area contributed by atoms with Gasteiger partial charge in [-0.1, -0.05) is 24.3 Å². The third-order valence-corrected chi connectivity index (χ3v) is 3.08. The molecule has 2 N–H and O–H groups in total. The number of nitrogens with zero attached hydrogens (tertiary/aromatic N) is 1. The van der Waals surface area contributed by atoms with Crippen molar-refractivity contribution in [3.8, 4) is 0 Å². The fourth-order valence-electron chi connectivity index (χ4n) is 1.92. The average Bonchev–Trinajstić information content (AvgIpc) is 2.39. The summed E-state index contributed by atoms with van der Waals surface area (Å²) in [5.41, 5.74) is 10.5. The van der Waals surface area contributed by atoms with Gasteiger partial charge in [-0.15, -0.1) is 0 Å². The van der Waals surface area contributed by atoms with Crippen LogP contribution in [0.2, 0.25) is 0 Å². The van der Waals surface area contributed by atoms with Crippen molar-refractivity contribution in [1.29, 1.82) is 0 Å². The lowest BCUT2D eigenvalue weighted by molar-refractivity contribution is 1.05. The van der Waals surface area contributed by atoms with Gasteiger partial charge in [0.25, 0.3) is 0 Å². The lowest BCUT2D eigenvalue weighted by atomic mass is 10.1. The molecule has 0 atom stereocenters. The van der Waals surface area contributed by atoms with Crippen molar-refractivity contribution in [2.75, 3.05) is 11.9 Å². The van der Waals surface area contributed by atoms with Gasteiger partial charge in [0.1, 0.15) is 0 Å². The maximum absolute atomic E-state index is 5.67. The predicted molar refractivity (Wildman–Crippen MR) is 73.6 cm³/mol. The number of hydrogen-bond donors (Lipinski definition) is 1. The summed E-state index contributed by atoms with van der Waals surface area (Å²) in [4.78, 5) is 2.17. The van der Waals surface area contributed by atoms with E-state index < -0.39 is 0 Å². The number of para-hydroxylation sites is 1. The highest BCUT2D eigenvalue weighted by Crippen LogP contribution is 2.25. The zero-order chi connectivity index (χ0) is 12.3. The van der Waals surface area contributed by atoms with Crippen molar-refractivity contribution in [1.82, 2.24) is 0 Å². The summed E-state index contributed by atoms with van der Waals surface area (Å²) < 4.78 is 0. The smallest absolute Gasteiger partial charge is 0.0410 e. The molecule has 0 heterocycles. The summed E-state index contributed by atoms with van der Waals surface area (Å²) in [5, 5.41) is 0. The summed E-state index contributed by atoms with van der Waals surface area (Å²) in [5.74, 6) is 0. The first-order valence-corrected chi connectivity index (χ1v) is 5.80. The van der Waals surface area contributed by atoms with E-state index in [0.717, 1.165) is 0 Å². The molecule has 0 amide bonds. The fraction of sp³-hybridized carbons (Fsp3) is 0.200. The minimum Gasteiger partial charge on any atom is -0.345 e. The average molecular weight is 226 g/mol. The van der Waals surface area contributed by atoms with Gasteiger partial charge in [-0.05, 0) is 42.3 Å². The van der Waals surface area contributed by atoms with Crippen LogP contribution in [0.5, 0.6) is 0 Å². The molecule has 2 aromatic carbocycles. The molecular formula is C15H18N2. The third kappa shape index (κ3) is 2.48. The summed E-state index contributed by atoms with van der Waals surface area (Å²) >= 11 is 0. The Morgan fingerprint density at radius 3 is 2.29 bits per heavy atom. The molecule has 0 saturated carbocycles. The van der Waals surface area contributed by atoms with Gasteiger partial charge in [0.05, 0.1) is 0 Å². The predicted octanol–water partition coefficient (Wildman–Crippen LogP) is 3.22. The summed E-state index contributed by atoms with van der Waals surface area (Å²) in [6.45, 7) is 2.70. The van der Waals surface area contributed by atoms with Crippen LogP contribution >= 0.6 is 0 Å². The number of rotatable bonds is 3. The molecule has 0 fully saturated rings. The molecule has 2 heteroatoms. The van der Waals surface area contributed by atoms with Crippen molar-refractivity contribution in [3.63, 3.8) is 0 Å². The molecule has 0 spiro atoms. The van der Waals surface area contributed by atoms with Gasteiger partial charge >= 0.3 is 0 Å². The molecule has 0 unspecified atom stereocenters. The lowest BCUT2D eigenvalue weighted by Crippen LogP contribution is -2.10. The quantitative estimate of drug-likeness (QED) is 0.870. The summed E-state index contributed by atoms with van der Waals surface area (Å²) in [6.07, 6.45) is 0. The Hall–Kier alpha value is -1.80. The topological polar surface area (TPSA) is 29.3 Å². The van der Waals surface area contributed by atoms with Crippen LogP contribution < -0.4 is 10.6 Å². The Balaban J connectivity index is 2.32. The maximum atomic E-state index is 5.67. The standard InChI is InChI=1S/C15H18N2/c1-12-10-15(9-8-13(12)11-16)17(2)14-6-4-3-5-7-14/h3-10H,11,16H2,1-2H3. The minimum atomic E-state index is 0.598. The second-order valence-electron chi connectivity index (χ2n) is 4.21. The van der Waals surface area contributed by atoms with Gasteiger partial charge in [-0.25, -0.2) is 0 Å². The second-order valence-corrected chi connectivity index (χ2v) is 4.21. The van der Waals surface area contributed by atoms with Crippen LogP contribution in [0.4, 0.5) is 11.4 Å². The summed E-state index contributed by atoms with van der Waals surface area (Å²) in [6, 6.07) is 16.7. The maximum Gasteiger partial charge on any atom is 0.0410 e. The van der Waals surface area contributed by atoms with E-state index in [1.54, 1.807) is 0 Å². The highest BCUT2D eigenvalue weighted by atomic mass is 15.1. The number of aryl methyl sites for hydroxylation is 1. The van der Waals surface area contributed by atoms with E-state index in [1.165, 1.54) is 22.5 Å². The molecule has 0 bridgehead atoms. The van der Waals surface area contributed by atoms with Gasteiger partial charge in [0.2, 0.25) is 0 Å². The van der Waals surface area contributed by atoms with Gasteiger partial charge in [-0.2, -0.15) is 0 Å². The molecular weight excluding hydrogens is 208 g/mol. The Labute approximate surface area is 103 Å². The van der Waals surface area contributed by atoms with Crippen molar-refractivity contribution in [3.05, 3.63) is 59.7 Å². The van der Waals surface area contributed by atoms with Crippen LogP contribution in [0.15, 0.2) is 48.5 Å². The molecule has 2 nitrogen and oxygen atoms in total. The van der Waals surface area contributed by atoms with Gasteiger partial charge in [0.15, 0.2) is 0 Å². The minimum absolute atomic E-state index is 0.598. The molecule has 17 heavy (non-hydrogen) atoms. The first kappa shape index (κ1) is 11.7. The molecule has 2 aromatic rings. The number of benzene rings is 2. The van der Waals surface area contributed by atoms with E-state index in [1.807, 2.05) is 18.2 Å². The van der Waals surface area contributed by atoms with Crippen LogP contribution in [0, 0.1) is 6.92 Å². The molecule has 0 radical (unpaired) electrons. The molecule has 0 saturated heterocycles. The normalized spacial score (nSPS) is 10.3. The zero-order valence-electron chi connectivity index (χ0n) is 10.4. The highest BCUT2D eigenvalue weighted by molar-refractivity contribution is 5.63.